The van der Waals surface area contributed by atoms with Gasteiger partial charge in [-0.2, -0.15) is 0 Å². The van der Waals surface area contributed by atoms with E-state index in [1.165, 1.54) is 4.57 Å². The van der Waals surface area contributed by atoms with Crippen molar-refractivity contribution in [3.8, 4) is 45.5 Å². The Labute approximate surface area is 308 Å². The molecule has 0 saturated carbocycles. The van der Waals surface area contributed by atoms with Crippen LogP contribution in [0.3, 0.4) is 0 Å². The Morgan fingerprint density at radius 2 is 0.870 bits per heavy atom. The van der Waals surface area contributed by atoms with Gasteiger partial charge in [0.2, 0.25) is 0 Å². The van der Waals surface area contributed by atoms with E-state index < -0.39 is 11.1 Å². The quantitative estimate of drug-likeness (QED) is 0.178. The second-order valence-corrected chi connectivity index (χ2v) is 13.0. The third-order valence-electron chi connectivity index (χ3n) is 9.85. The van der Waals surface area contributed by atoms with Crippen molar-refractivity contribution in [1.82, 2.24) is 29.1 Å². The molecule has 0 aliphatic carbocycles. The molecule has 0 N–H and O–H groups in total. The summed E-state index contributed by atoms with van der Waals surface area (Å²) in [5.74, 6) is 1.57. The van der Waals surface area contributed by atoms with Crippen molar-refractivity contribution in [3.63, 3.8) is 0 Å². The summed E-state index contributed by atoms with van der Waals surface area (Å²) in [5, 5.41) is 4.02. The Kier molecular flexibility index (Phi) is 7.26. The molecule has 4 heterocycles. The highest BCUT2D eigenvalue weighted by Crippen LogP contribution is 2.35. The first-order chi connectivity index (χ1) is 26.6. The number of nitrogens with zero attached hydrogens (tertiary/aromatic N) is 6. The largest absolute Gasteiger partial charge is 0.294 e. The predicted molar refractivity (Wildman–Crippen MR) is 215 cm³/mol. The van der Waals surface area contributed by atoms with Gasteiger partial charge in [-0.3, -0.25) is 14.2 Å². The number of hydrogen-bond donors (Lipinski definition) is 0. The van der Waals surface area contributed by atoms with Gasteiger partial charge >= 0.3 is 0 Å². The molecule has 0 spiro atoms. The Bertz CT molecular complexity index is 3120. The molecule has 6 aromatic carbocycles. The van der Waals surface area contributed by atoms with Gasteiger partial charge in [0, 0.05) is 50.1 Å². The Morgan fingerprint density at radius 3 is 1.50 bits per heavy atom. The second-order valence-electron chi connectivity index (χ2n) is 13.0. The minimum atomic E-state index is -0.414. The zero-order valence-electron chi connectivity index (χ0n) is 28.7. The first-order valence-electron chi connectivity index (χ1n) is 17.6. The van der Waals surface area contributed by atoms with E-state index in [0.29, 0.717) is 50.3 Å². The summed E-state index contributed by atoms with van der Waals surface area (Å²) in [6.07, 6.45) is 1.78. The number of para-hydroxylation sites is 1. The summed E-state index contributed by atoms with van der Waals surface area (Å²) < 4.78 is 3.38. The summed E-state index contributed by atoms with van der Waals surface area (Å²) in [4.78, 5) is 48.5. The highest BCUT2D eigenvalue weighted by molar-refractivity contribution is 6.16. The topological polar surface area (TPSA) is 95.6 Å². The van der Waals surface area contributed by atoms with Crippen LogP contribution in [0, 0.1) is 0 Å². The molecule has 54 heavy (non-hydrogen) atoms. The van der Waals surface area contributed by atoms with Crippen molar-refractivity contribution in [2.24, 2.45) is 0 Å². The van der Waals surface area contributed by atoms with Crippen molar-refractivity contribution in [3.05, 3.63) is 191 Å². The molecule has 254 valence electrons. The van der Waals surface area contributed by atoms with E-state index in [1.54, 1.807) is 24.4 Å². The number of hydrogen-bond acceptors (Lipinski definition) is 6. The molecular formula is C46H28N6O2. The Hall–Kier alpha value is -7.58. The minimum absolute atomic E-state index is 0.403. The van der Waals surface area contributed by atoms with Crippen molar-refractivity contribution >= 4 is 43.5 Å². The van der Waals surface area contributed by atoms with E-state index in [2.05, 4.69) is 4.57 Å². The zero-order valence-corrected chi connectivity index (χ0v) is 28.7. The maximum absolute atomic E-state index is 14.8. The number of fused-ring (bicyclic) bond motifs is 6. The lowest BCUT2D eigenvalue weighted by molar-refractivity contribution is 0.975. The van der Waals surface area contributed by atoms with Crippen LogP contribution < -0.4 is 11.1 Å². The average Bonchev–Trinajstić information content (AvgIpc) is 3.53. The lowest BCUT2D eigenvalue weighted by Crippen LogP contribution is -2.28. The predicted octanol–water partition coefficient (Wildman–Crippen LogP) is 9.18. The summed E-state index contributed by atoms with van der Waals surface area (Å²) in [5.41, 5.74) is 4.69. The van der Waals surface area contributed by atoms with Crippen LogP contribution in [0.4, 0.5) is 0 Å². The van der Waals surface area contributed by atoms with Crippen molar-refractivity contribution in [1.29, 1.82) is 0 Å². The van der Waals surface area contributed by atoms with Gasteiger partial charge in [-0.25, -0.2) is 24.5 Å². The van der Waals surface area contributed by atoms with Gasteiger partial charge in [0.15, 0.2) is 17.5 Å². The molecule has 8 heteroatoms. The lowest BCUT2D eigenvalue weighted by atomic mass is 10.0. The van der Waals surface area contributed by atoms with E-state index in [9.17, 15) is 9.59 Å². The molecule has 8 nitrogen and oxygen atoms in total. The molecule has 0 radical (unpaired) electrons. The maximum Gasteiger partial charge on any atom is 0.265 e. The average molecular weight is 697 g/mol. The smallest absolute Gasteiger partial charge is 0.265 e. The molecule has 0 bridgehead atoms. The van der Waals surface area contributed by atoms with Gasteiger partial charge in [-0.1, -0.05) is 97.1 Å². The standard InChI is InChI=1S/C46H28N6O2/c53-45-36-20-11-10-19-34(36)37-28-40-38(35-21-12-26-47-44(35)51(40)32-17-8-3-9-18-32)27-39(37)46(54)52(45)33-24-22-31(23-25-33)43-49-41(29-13-4-1-5-14-29)48-42(50-43)30-15-6-2-7-16-30/h1-28H. The molecule has 0 atom stereocenters. The summed E-state index contributed by atoms with van der Waals surface area (Å²) in [6.45, 7) is 0. The fourth-order valence-electron chi connectivity index (χ4n) is 7.30. The normalized spacial score (nSPS) is 11.5. The summed E-state index contributed by atoms with van der Waals surface area (Å²) in [6, 6.07) is 52.1. The van der Waals surface area contributed by atoms with Crippen LogP contribution in [0.2, 0.25) is 0 Å². The highest BCUT2D eigenvalue weighted by Gasteiger charge is 2.19. The molecule has 0 amide bonds. The van der Waals surface area contributed by atoms with Crippen LogP contribution in [0.25, 0.3) is 89.0 Å². The van der Waals surface area contributed by atoms with Crippen LogP contribution in [-0.4, -0.2) is 29.1 Å². The van der Waals surface area contributed by atoms with Gasteiger partial charge in [-0.15, -0.1) is 0 Å². The minimum Gasteiger partial charge on any atom is -0.294 e. The third kappa shape index (κ3) is 5.08. The fourth-order valence-corrected chi connectivity index (χ4v) is 7.30. The van der Waals surface area contributed by atoms with Crippen molar-refractivity contribution < 1.29 is 0 Å². The van der Waals surface area contributed by atoms with Crippen molar-refractivity contribution in [2.75, 3.05) is 0 Å². The van der Waals surface area contributed by atoms with E-state index in [4.69, 9.17) is 19.9 Å². The zero-order chi connectivity index (χ0) is 36.2. The van der Waals surface area contributed by atoms with Gasteiger partial charge in [0.05, 0.1) is 11.2 Å². The van der Waals surface area contributed by atoms with E-state index in [-0.39, 0.29) is 0 Å². The van der Waals surface area contributed by atoms with Gasteiger partial charge in [0.25, 0.3) is 11.1 Å². The number of aromatic nitrogens is 6. The molecule has 0 saturated heterocycles. The molecule has 4 aromatic heterocycles. The van der Waals surface area contributed by atoms with Gasteiger partial charge < -0.3 is 0 Å². The Morgan fingerprint density at radius 1 is 0.370 bits per heavy atom. The maximum atomic E-state index is 14.8. The Balaban J connectivity index is 1.19. The SMILES string of the molecule is O=c1c2ccccc2c2cc3c(cc2c(=O)n1-c1ccc(-c2nc(-c4ccccc4)nc(-c4ccccc4)n2)cc1)c1cccnc1n3-c1ccccc1. The van der Waals surface area contributed by atoms with E-state index >= 15 is 0 Å². The lowest BCUT2D eigenvalue weighted by Gasteiger charge is -2.09. The van der Waals surface area contributed by atoms with Gasteiger partial charge in [-0.05, 0) is 77.5 Å². The first-order valence-corrected chi connectivity index (χ1v) is 17.6. The number of rotatable bonds is 5. The molecule has 0 fully saturated rings. The third-order valence-corrected chi connectivity index (χ3v) is 9.85. The van der Waals surface area contributed by atoms with E-state index in [1.807, 2.05) is 146 Å². The van der Waals surface area contributed by atoms with Crippen LogP contribution in [0.5, 0.6) is 0 Å². The molecule has 0 aliphatic rings. The summed E-state index contributed by atoms with van der Waals surface area (Å²) >= 11 is 0. The monoisotopic (exact) mass is 696 g/mol. The first kappa shape index (κ1) is 31.2. The van der Waals surface area contributed by atoms with Crippen LogP contribution in [0.1, 0.15) is 0 Å². The van der Waals surface area contributed by atoms with Crippen LogP contribution >= 0.6 is 0 Å². The molecule has 10 aromatic rings. The molecule has 10 rings (SSSR count). The van der Waals surface area contributed by atoms with Gasteiger partial charge in [0.1, 0.15) is 5.65 Å². The van der Waals surface area contributed by atoms with Crippen molar-refractivity contribution in [2.45, 2.75) is 0 Å². The molecule has 0 aliphatic heterocycles. The van der Waals surface area contributed by atoms with E-state index in [0.717, 1.165) is 38.8 Å². The number of benzene rings is 6. The molecular weight excluding hydrogens is 669 g/mol. The van der Waals surface area contributed by atoms with Crippen LogP contribution in [0.15, 0.2) is 180 Å². The number of pyridine rings is 1. The highest BCUT2D eigenvalue weighted by atomic mass is 16.2. The second kappa shape index (κ2) is 12.6. The van der Waals surface area contributed by atoms with Crippen LogP contribution in [-0.2, 0) is 0 Å². The fraction of sp³-hybridized carbons (Fsp3) is 0. The molecule has 0 unspecified atom stereocenters. The summed E-state index contributed by atoms with van der Waals surface area (Å²) in [7, 11) is 0.